The Morgan fingerprint density at radius 1 is 1.29 bits per heavy atom. The second kappa shape index (κ2) is 13.8. The standard InChI is InChI=1S/C15H28N4OS.C2H6.H2S/c1-7-19(12-13(16-5)15(2,3)4)20-21-18(6)14-10-8-9-11-17-14;1-2;/h8-11,13,16H,7,12H2,1-6H3;1-2H3;1H2. The predicted octanol–water partition coefficient (Wildman–Crippen LogP) is 4.11. The van der Waals surface area contributed by atoms with Crippen LogP contribution in [0.15, 0.2) is 24.4 Å². The topological polar surface area (TPSA) is 40.6 Å². The van der Waals surface area contributed by atoms with Gasteiger partial charge >= 0.3 is 0 Å². The summed E-state index contributed by atoms with van der Waals surface area (Å²) in [6.07, 6.45) is 1.78. The zero-order valence-corrected chi connectivity index (χ0v) is 18.3. The van der Waals surface area contributed by atoms with Crippen molar-refractivity contribution in [2.75, 3.05) is 31.5 Å². The molecule has 24 heavy (non-hydrogen) atoms. The van der Waals surface area contributed by atoms with E-state index in [9.17, 15) is 0 Å². The molecule has 0 bridgehead atoms. The molecule has 0 amide bonds. The monoisotopic (exact) mass is 376 g/mol. The van der Waals surface area contributed by atoms with E-state index in [1.54, 1.807) is 6.20 Å². The zero-order valence-electron chi connectivity index (χ0n) is 16.5. The van der Waals surface area contributed by atoms with Crippen LogP contribution in [0, 0.1) is 5.41 Å². The van der Waals surface area contributed by atoms with Gasteiger partial charge in [-0.25, -0.2) is 9.27 Å². The molecule has 0 fully saturated rings. The van der Waals surface area contributed by atoms with Crippen molar-refractivity contribution in [3.8, 4) is 0 Å². The minimum Gasteiger partial charge on any atom is -0.315 e. The van der Waals surface area contributed by atoms with Gasteiger partial charge in [-0.1, -0.05) is 47.6 Å². The molecule has 1 unspecified atom stereocenters. The second-order valence-corrected chi connectivity index (χ2v) is 6.87. The third-order valence-electron chi connectivity index (χ3n) is 3.36. The van der Waals surface area contributed by atoms with Crippen LogP contribution >= 0.6 is 25.7 Å². The van der Waals surface area contributed by atoms with Crippen LogP contribution in [0.2, 0.25) is 0 Å². The first-order valence-electron chi connectivity index (χ1n) is 8.30. The number of likely N-dealkylation sites (N-methyl/N-ethyl adjacent to an activating group) is 2. The minimum absolute atomic E-state index is 0. The molecule has 0 saturated heterocycles. The lowest BCUT2D eigenvalue weighted by molar-refractivity contribution is -0.0490. The third kappa shape index (κ3) is 9.74. The predicted molar refractivity (Wildman–Crippen MR) is 113 cm³/mol. The first kappa shape index (κ1) is 25.8. The number of hydrogen-bond donors (Lipinski definition) is 1. The lowest BCUT2D eigenvalue weighted by atomic mass is 9.87. The largest absolute Gasteiger partial charge is 0.315 e. The molecule has 7 heteroatoms. The molecule has 1 atom stereocenters. The summed E-state index contributed by atoms with van der Waals surface area (Å²) in [4.78, 5) is 4.29. The van der Waals surface area contributed by atoms with Crippen LogP contribution in [0.3, 0.4) is 0 Å². The van der Waals surface area contributed by atoms with Crippen molar-refractivity contribution in [2.45, 2.75) is 47.6 Å². The smallest absolute Gasteiger partial charge is 0.139 e. The first-order valence-corrected chi connectivity index (χ1v) is 9.00. The summed E-state index contributed by atoms with van der Waals surface area (Å²) in [5, 5.41) is 5.34. The van der Waals surface area contributed by atoms with Crippen molar-refractivity contribution < 1.29 is 4.28 Å². The fourth-order valence-corrected chi connectivity index (χ4v) is 2.43. The highest BCUT2D eigenvalue weighted by atomic mass is 32.2. The lowest BCUT2D eigenvalue weighted by Crippen LogP contribution is -2.46. The van der Waals surface area contributed by atoms with Crippen LogP contribution in [0.25, 0.3) is 0 Å². The summed E-state index contributed by atoms with van der Waals surface area (Å²) in [5.74, 6) is 0.875. The molecule has 0 radical (unpaired) electrons. The highest BCUT2D eigenvalue weighted by Gasteiger charge is 2.25. The molecule has 1 aromatic rings. The number of hydroxylamine groups is 2. The number of aromatic nitrogens is 1. The van der Waals surface area contributed by atoms with Crippen molar-refractivity contribution >= 4 is 31.5 Å². The highest BCUT2D eigenvalue weighted by Crippen LogP contribution is 2.23. The quantitative estimate of drug-likeness (QED) is 0.418. The van der Waals surface area contributed by atoms with E-state index in [0.29, 0.717) is 6.04 Å². The summed E-state index contributed by atoms with van der Waals surface area (Å²) < 4.78 is 7.74. The van der Waals surface area contributed by atoms with E-state index < -0.39 is 0 Å². The molecule has 1 rings (SSSR count). The Balaban J connectivity index is 0. The fourth-order valence-electron chi connectivity index (χ4n) is 1.89. The molecule has 0 aliphatic carbocycles. The molecule has 142 valence electrons. The summed E-state index contributed by atoms with van der Waals surface area (Å²) >= 11 is 1.29. The Hall–Kier alpha value is -0.470. The number of rotatable bonds is 8. The summed E-state index contributed by atoms with van der Waals surface area (Å²) in [6, 6.07) is 6.19. The number of nitrogens with zero attached hydrogens (tertiary/aromatic N) is 3. The van der Waals surface area contributed by atoms with Gasteiger partial charge in [0, 0.05) is 32.4 Å². The molecule has 5 nitrogen and oxygen atoms in total. The van der Waals surface area contributed by atoms with E-state index in [1.807, 2.05) is 55.5 Å². The molecule has 0 aliphatic heterocycles. The Morgan fingerprint density at radius 3 is 2.33 bits per heavy atom. The maximum atomic E-state index is 5.83. The van der Waals surface area contributed by atoms with Crippen molar-refractivity contribution in [1.82, 2.24) is 15.4 Å². The van der Waals surface area contributed by atoms with Crippen molar-refractivity contribution in [3.05, 3.63) is 24.4 Å². The van der Waals surface area contributed by atoms with Gasteiger partial charge in [0.2, 0.25) is 0 Å². The van der Waals surface area contributed by atoms with E-state index in [-0.39, 0.29) is 18.9 Å². The molecule has 0 aliphatic rings. The summed E-state index contributed by atoms with van der Waals surface area (Å²) in [7, 11) is 3.94. The molecule has 0 aromatic carbocycles. The highest BCUT2D eigenvalue weighted by molar-refractivity contribution is 7.96. The first-order chi connectivity index (χ1) is 10.9. The molecular formula is C17H36N4OS2. The Labute approximate surface area is 160 Å². The lowest BCUT2D eigenvalue weighted by Gasteiger charge is -2.34. The maximum absolute atomic E-state index is 5.83. The normalized spacial score (nSPS) is 12.0. The maximum Gasteiger partial charge on any atom is 0.139 e. The molecule has 1 N–H and O–H groups in total. The van der Waals surface area contributed by atoms with Crippen LogP contribution in [0.4, 0.5) is 5.82 Å². The Kier molecular flexibility index (Phi) is 14.8. The molecule has 1 aromatic heterocycles. The second-order valence-electron chi connectivity index (χ2n) is 6.02. The molecule has 0 spiro atoms. The Morgan fingerprint density at radius 2 is 1.92 bits per heavy atom. The Bertz CT molecular complexity index is 401. The SMILES string of the molecule is CC.CCN(CC(NC)C(C)(C)C)OSN(C)c1ccccn1.S. The summed E-state index contributed by atoms with van der Waals surface area (Å²) in [6.45, 7) is 14.5. The van der Waals surface area contributed by atoms with Crippen LogP contribution in [-0.2, 0) is 4.28 Å². The van der Waals surface area contributed by atoms with Crippen molar-refractivity contribution in [3.63, 3.8) is 0 Å². The van der Waals surface area contributed by atoms with Crippen LogP contribution in [0.5, 0.6) is 0 Å². The van der Waals surface area contributed by atoms with E-state index in [0.717, 1.165) is 18.9 Å². The van der Waals surface area contributed by atoms with Crippen LogP contribution in [-0.4, -0.2) is 43.3 Å². The van der Waals surface area contributed by atoms with Gasteiger partial charge < -0.3 is 5.32 Å². The number of nitrogens with one attached hydrogen (secondary N) is 1. The van der Waals surface area contributed by atoms with E-state index in [4.69, 9.17) is 4.28 Å². The third-order valence-corrected chi connectivity index (χ3v) is 4.04. The fraction of sp³-hybridized carbons (Fsp3) is 0.706. The van der Waals surface area contributed by atoms with Crippen molar-refractivity contribution in [2.24, 2.45) is 5.41 Å². The summed E-state index contributed by atoms with van der Waals surface area (Å²) in [5.41, 5.74) is 0.184. The molecule has 1 heterocycles. The van der Waals surface area contributed by atoms with Crippen LogP contribution < -0.4 is 9.62 Å². The number of pyridine rings is 1. The average Bonchev–Trinajstić information content (AvgIpc) is 2.56. The number of hydrogen-bond acceptors (Lipinski definition) is 6. The van der Waals surface area contributed by atoms with Crippen LogP contribution in [0.1, 0.15) is 41.5 Å². The van der Waals surface area contributed by atoms with E-state index >= 15 is 0 Å². The van der Waals surface area contributed by atoms with Gasteiger partial charge in [0.1, 0.15) is 18.0 Å². The molecule has 0 saturated carbocycles. The van der Waals surface area contributed by atoms with Gasteiger partial charge in [-0.05, 0) is 24.6 Å². The van der Waals surface area contributed by atoms with Gasteiger partial charge in [-0.2, -0.15) is 18.6 Å². The van der Waals surface area contributed by atoms with Gasteiger partial charge in [-0.3, -0.25) is 4.31 Å². The van der Waals surface area contributed by atoms with Crippen molar-refractivity contribution in [1.29, 1.82) is 0 Å². The van der Waals surface area contributed by atoms with E-state index in [1.165, 1.54) is 12.2 Å². The number of anilines is 1. The molecular weight excluding hydrogens is 340 g/mol. The zero-order chi connectivity index (χ0) is 17.9. The van der Waals surface area contributed by atoms with E-state index in [2.05, 4.69) is 38.0 Å². The van der Waals surface area contributed by atoms with Gasteiger partial charge in [0.15, 0.2) is 0 Å². The van der Waals surface area contributed by atoms with Gasteiger partial charge in [0.25, 0.3) is 0 Å². The minimum atomic E-state index is 0. The van der Waals surface area contributed by atoms with Gasteiger partial charge in [0.05, 0.1) is 0 Å². The average molecular weight is 377 g/mol. The van der Waals surface area contributed by atoms with Gasteiger partial charge in [-0.15, -0.1) is 0 Å².